The van der Waals surface area contributed by atoms with Gasteiger partial charge in [-0.3, -0.25) is 9.59 Å². The van der Waals surface area contributed by atoms with Crippen LogP contribution in [0.15, 0.2) is 24.3 Å². The topological polar surface area (TPSA) is 46.6 Å². The highest BCUT2D eigenvalue weighted by Gasteiger charge is 2.35. The molecule has 2 aliphatic rings. The Labute approximate surface area is 118 Å². The lowest BCUT2D eigenvalue weighted by molar-refractivity contribution is -0.151. The summed E-state index contributed by atoms with van der Waals surface area (Å²) in [7, 11) is 1.28. The third kappa shape index (κ3) is 3.54. The predicted octanol–water partition coefficient (Wildman–Crippen LogP) is 1.66. The summed E-state index contributed by atoms with van der Waals surface area (Å²) in [6, 6.07) is 0. The molecule has 0 aromatic rings. The number of allylic oxidation sites excluding steroid dienone is 4. The zero-order valence-corrected chi connectivity index (χ0v) is 11.7. The van der Waals surface area contributed by atoms with Crippen LogP contribution in [0.1, 0.15) is 19.3 Å². The number of piperidine rings is 1. The lowest BCUT2D eigenvalue weighted by Crippen LogP contribution is -2.45. The molecule has 2 rings (SSSR count). The first kappa shape index (κ1) is 14.9. The Balaban J connectivity index is 1.87. The monoisotopic (exact) mass is 281 g/mol. The van der Waals surface area contributed by atoms with Crippen LogP contribution in [0.4, 0.5) is 4.39 Å². The van der Waals surface area contributed by atoms with E-state index in [-0.39, 0.29) is 5.78 Å². The second kappa shape index (κ2) is 6.31. The van der Waals surface area contributed by atoms with Gasteiger partial charge in [-0.1, -0.05) is 18.2 Å². The largest absolute Gasteiger partial charge is 0.468 e. The molecule has 0 aromatic heterocycles. The van der Waals surface area contributed by atoms with Crippen LogP contribution in [0.3, 0.4) is 0 Å². The number of alkyl halides is 1. The highest BCUT2D eigenvalue weighted by atomic mass is 19.1. The summed E-state index contributed by atoms with van der Waals surface area (Å²) in [4.78, 5) is 25.2. The summed E-state index contributed by atoms with van der Waals surface area (Å²) in [5, 5.41) is 0. The molecule has 2 unspecified atom stereocenters. The van der Waals surface area contributed by atoms with E-state index in [1.165, 1.54) is 7.11 Å². The van der Waals surface area contributed by atoms with Crippen LogP contribution in [-0.4, -0.2) is 49.1 Å². The Morgan fingerprint density at radius 2 is 2.35 bits per heavy atom. The molecule has 0 saturated carbocycles. The molecule has 1 aliphatic carbocycles. The summed E-state index contributed by atoms with van der Waals surface area (Å²) in [5.41, 5.74) is -1.31. The van der Waals surface area contributed by atoms with Crippen molar-refractivity contribution in [3.05, 3.63) is 24.3 Å². The highest BCUT2D eigenvalue weighted by molar-refractivity contribution is 5.99. The predicted molar refractivity (Wildman–Crippen MR) is 72.9 cm³/mol. The summed E-state index contributed by atoms with van der Waals surface area (Å²) in [6.07, 6.45) is 8.05. The van der Waals surface area contributed by atoms with Gasteiger partial charge in [0.2, 0.25) is 0 Å². The van der Waals surface area contributed by atoms with E-state index in [4.69, 9.17) is 0 Å². The van der Waals surface area contributed by atoms with Crippen molar-refractivity contribution in [1.29, 1.82) is 0 Å². The third-order valence-electron chi connectivity index (χ3n) is 3.93. The van der Waals surface area contributed by atoms with Crippen molar-refractivity contribution in [2.45, 2.75) is 24.9 Å². The fourth-order valence-electron chi connectivity index (χ4n) is 2.61. The maximum Gasteiger partial charge on any atom is 0.317 e. The van der Waals surface area contributed by atoms with Crippen LogP contribution in [0.25, 0.3) is 0 Å². The lowest BCUT2D eigenvalue weighted by Gasteiger charge is -2.32. The molecule has 0 spiro atoms. The minimum atomic E-state index is -1.31. The number of ketones is 1. The SMILES string of the molecule is COC(=O)C1CN(CCC2(F)C=CC=CC2)CCC1=O. The van der Waals surface area contributed by atoms with Crippen molar-refractivity contribution >= 4 is 11.8 Å². The first-order chi connectivity index (χ1) is 9.54. The Bertz CT molecular complexity index is 438. The number of carbonyl (C=O) groups is 2. The Morgan fingerprint density at radius 1 is 1.55 bits per heavy atom. The molecular formula is C15H20FNO3. The maximum absolute atomic E-state index is 14.4. The number of likely N-dealkylation sites (tertiary alicyclic amines) is 1. The minimum absolute atomic E-state index is 0.0800. The van der Waals surface area contributed by atoms with Gasteiger partial charge in [-0.05, 0) is 12.5 Å². The van der Waals surface area contributed by atoms with Crippen molar-refractivity contribution in [3.8, 4) is 0 Å². The van der Waals surface area contributed by atoms with Crippen LogP contribution in [-0.2, 0) is 14.3 Å². The Kier molecular flexibility index (Phi) is 4.70. The third-order valence-corrected chi connectivity index (χ3v) is 3.93. The molecular weight excluding hydrogens is 261 g/mol. The number of hydrogen-bond acceptors (Lipinski definition) is 4. The number of nitrogens with zero attached hydrogens (tertiary/aromatic N) is 1. The van der Waals surface area contributed by atoms with E-state index in [9.17, 15) is 14.0 Å². The van der Waals surface area contributed by atoms with E-state index in [1.54, 1.807) is 12.2 Å². The van der Waals surface area contributed by atoms with Gasteiger partial charge in [-0.15, -0.1) is 0 Å². The number of methoxy groups -OCH3 is 1. The quantitative estimate of drug-likeness (QED) is 0.581. The molecule has 5 heteroatoms. The van der Waals surface area contributed by atoms with Gasteiger partial charge in [0.25, 0.3) is 0 Å². The molecule has 0 amide bonds. The van der Waals surface area contributed by atoms with Crippen LogP contribution < -0.4 is 0 Å². The summed E-state index contributed by atoms with van der Waals surface area (Å²) < 4.78 is 19.0. The Morgan fingerprint density at radius 3 is 3.00 bits per heavy atom. The summed E-state index contributed by atoms with van der Waals surface area (Å²) in [5.74, 6) is -1.29. The van der Waals surface area contributed by atoms with E-state index in [1.807, 2.05) is 17.1 Å². The first-order valence-electron chi connectivity index (χ1n) is 6.90. The maximum atomic E-state index is 14.4. The van der Waals surface area contributed by atoms with Crippen molar-refractivity contribution in [2.24, 2.45) is 5.92 Å². The molecule has 0 N–H and O–H groups in total. The lowest BCUT2D eigenvalue weighted by atomic mass is 9.92. The zero-order valence-electron chi connectivity index (χ0n) is 11.7. The van der Waals surface area contributed by atoms with Gasteiger partial charge < -0.3 is 9.64 Å². The standard InChI is InChI=1S/C15H20FNO3/c1-20-14(19)12-11-17(9-5-13(12)18)10-8-15(16)6-3-2-4-7-15/h2-4,6,12H,5,7-11H2,1H3. The average Bonchev–Trinajstić information content (AvgIpc) is 2.46. The van der Waals surface area contributed by atoms with Gasteiger partial charge in [0.1, 0.15) is 17.4 Å². The molecule has 1 fully saturated rings. The van der Waals surface area contributed by atoms with Crippen LogP contribution in [0, 0.1) is 5.92 Å². The van der Waals surface area contributed by atoms with E-state index in [2.05, 4.69) is 4.74 Å². The van der Waals surface area contributed by atoms with Gasteiger partial charge in [-0.2, -0.15) is 0 Å². The number of Topliss-reactive ketones (excluding diaryl/α,β-unsaturated/α-hetero) is 1. The molecule has 2 atom stereocenters. The molecule has 0 bridgehead atoms. The smallest absolute Gasteiger partial charge is 0.317 e. The number of halogens is 1. The van der Waals surface area contributed by atoms with Gasteiger partial charge in [-0.25, -0.2) is 4.39 Å². The average molecular weight is 281 g/mol. The molecule has 4 nitrogen and oxygen atoms in total. The normalized spacial score (nSPS) is 30.5. The van der Waals surface area contributed by atoms with E-state index >= 15 is 0 Å². The van der Waals surface area contributed by atoms with Crippen molar-refractivity contribution in [1.82, 2.24) is 4.90 Å². The zero-order chi connectivity index (χ0) is 14.6. The highest BCUT2D eigenvalue weighted by Crippen LogP contribution is 2.27. The van der Waals surface area contributed by atoms with Gasteiger partial charge in [0.15, 0.2) is 0 Å². The molecule has 1 saturated heterocycles. The summed E-state index contributed by atoms with van der Waals surface area (Å²) in [6.45, 7) is 1.46. The van der Waals surface area contributed by atoms with Crippen LogP contribution >= 0.6 is 0 Å². The Hall–Kier alpha value is -1.49. The molecule has 20 heavy (non-hydrogen) atoms. The molecule has 1 heterocycles. The van der Waals surface area contributed by atoms with Gasteiger partial charge >= 0.3 is 5.97 Å². The molecule has 0 radical (unpaired) electrons. The second-order valence-electron chi connectivity index (χ2n) is 5.37. The van der Waals surface area contributed by atoms with Crippen molar-refractivity contribution < 1.29 is 18.7 Å². The van der Waals surface area contributed by atoms with E-state index in [0.29, 0.717) is 38.9 Å². The van der Waals surface area contributed by atoms with Crippen LogP contribution in [0.5, 0.6) is 0 Å². The van der Waals surface area contributed by atoms with Crippen molar-refractivity contribution in [2.75, 3.05) is 26.7 Å². The number of hydrogen-bond donors (Lipinski definition) is 0. The van der Waals surface area contributed by atoms with Gasteiger partial charge in [0, 0.05) is 32.5 Å². The van der Waals surface area contributed by atoms with E-state index in [0.717, 1.165) is 0 Å². The van der Waals surface area contributed by atoms with E-state index < -0.39 is 17.6 Å². The number of rotatable bonds is 4. The number of carbonyl (C=O) groups excluding carboxylic acids is 2. The van der Waals surface area contributed by atoms with Crippen LogP contribution in [0.2, 0.25) is 0 Å². The second-order valence-corrected chi connectivity index (χ2v) is 5.37. The fraction of sp³-hybridized carbons (Fsp3) is 0.600. The number of esters is 1. The minimum Gasteiger partial charge on any atom is -0.468 e. The van der Waals surface area contributed by atoms with Gasteiger partial charge in [0.05, 0.1) is 7.11 Å². The molecule has 110 valence electrons. The first-order valence-corrected chi connectivity index (χ1v) is 6.90. The molecule has 1 aliphatic heterocycles. The van der Waals surface area contributed by atoms with Crippen molar-refractivity contribution in [3.63, 3.8) is 0 Å². The molecule has 0 aromatic carbocycles. The summed E-state index contributed by atoms with van der Waals surface area (Å²) >= 11 is 0. The number of ether oxygens (including phenoxy) is 1. The fourth-order valence-corrected chi connectivity index (χ4v) is 2.61.